The van der Waals surface area contributed by atoms with Crippen LogP contribution in [0.2, 0.25) is 5.02 Å². The van der Waals surface area contributed by atoms with E-state index >= 15 is 0 Å². The summed E-state index contributed by atoms with van der Waals surface area (Å²) in [6.07, 6.45) is 1.42. The van der Waals surface area contributed by atoms with E-state index in [1.807, 2.05) is 56.0 Å². The van der Waals surface area contributed by atoms with Gasteiger partial charge >= 0.3 is 0 Å². The van der Waals surface area contributed by atoms with Gasteiger partial charge in [0.15, 0.2) is 0 Å². The molecular formula is C26H34ClN3O3S. The molecule has 0 saturated carbocycles. The normalized spacial score (nSPS) is 20.0. The van der Waals surface area contributed by atoms with Crippen LogP contribution in [-0.2, 0) is 14.8 Å². The molecule has 184 valence electrons. The van der Waals surface area contributed by atoms with Crippen molar-refractivity contribution in [2.75, 3.05) is 44.2 Å². The van der Waals surface area contributed by atoms with Crippen LogP contribution in [0, 0.1) is 33.6 Å². The van der Waals surface area contributed by atoms with Crippen LogP contribution in [0.1, 0.15) is 35.1 Å². The lowest BCUT2D eigenvalue weighted by atomic mass is 9.97. The third-order valence-corrected chi connectivity index (χ3v) is 9.45. The molecule has 0 N–H and O–H groups in total. The summed E-state index contributed by atoms with van der Waals surface area (Å²) in [5.41, 5.74) is 4.85. The van der Waals surface area contributed by atoms with E-state index in [2.05, 4.69) is 11.8 Å². The summed E-state index contributed by atoms with van der Waals surface area (Å²) >= 11 is 6.19. The largest absolute Gasteiger partial charge is 0.368 e. The van der Waals surface area contributed by atoms with E-state index < -0.39 is 10.0 Å². The van der Waals surface area contributed by atoms with Crippen LogP contribution in [0.15, 0.2) is 35.2 Å². The molecule has 2 aromatic carbocycles. The van der Waals surface area contributed by atoms with E-state index in [9.17, 15) is 13.2 Å². The fourth-order valence-electron chi connectivity index (χ4n) is 5.41. The van der Waals surface area contributed by atoms with Crippen molar-refractivity contribution in [1.82, 2.24) is 9.21 Å². The van der Waals surface area contributed by atoms with Crippen molar-refractivity contribution in [3.8, 4) is 0 Å². The predicted molar refractivity (Wildman–Crippen MR) is 137 cm³/mol. The number of aryl methyl sites for hydroxylation is 4. The van der Waals surface area contributed by atoms with Gasteiger partial charge < -0.3 is 9.80 Å². The Kier molecular flexibility index (Phi) is 7.27. The van der Waals surface area contributed by atoms with E-state index in [-0.39, 0.29) is 18.4 Å². The molecule has 0 spiro atoms. The maximum Gasteiger partial charge on any atom is 0.243 e. The molecule has 0 unspecified atom stereocenters. The van der Waals surface area contributed by atoms with Crippen molar-refractivity contribution in [2.45, 2.75) is 45.4 Å². The zero-order valence-corrected chi connectivity index (χ0v) is 22.0. The minimum absolute atomic E-state index is 0.0692. The monoisotopic (exact) mass is 503 g/mol. The highest BCUT2D eigenvalue weighted by Crippen LogP contribution is 2.30. The Labute approximate surface area is 208 Å². The van der Waals surface area contributed by atoms with E-state index in [1.54, 1.807) is 0 Å². The molecule has 2 aliphatic rings. The van der Waals surface area contributed by atoms with Crippen molar-refractivity contribution in [3.63, 3.8) is 0 Å². The second kappa shape index (κ2) is 9.88. The Balaban J connectivity index is 1.44. The Morgan fingerprint density at radius 2 is 1.56 bits per heavy atom. The molecule has 4 rings (SSSR count). The number of rotatable bonds is 4. The van der Waals surface area contributed by atoms with Gasteiger partial charge in [0.25, 0.3) is 0 Å². The highest BCUT2D eigenvalue weighted by molar-refractivity contribution is 7.89. The molecule has 0 radical (unpaired) electrons. The molecule has 0 aromatic heterocycles. The summed E-state index contributed by atoms with van der Waals surface area (Å²) in [7, 11) is -3.65. The van der Waals surface area contributed by atoms with Crippen LogP contribution in [0.4, 0.5) is 5.69 Å². The summed E-state index contributed by atoms with van der Waals surface area (Å²) in [6.45, 7) is 11.2. The molecule has 8 heteroatoms. The number of hydrogen-bond donors (Lipinski definition) is 0. The summed E-state index contributed by atoms with van der Waals surface area (Å²) in [5, 5.41) is 0.710. The molecule has 0 bridgehead atoms. The molecule has 2 heterocycles. The molecule has 34 heavy (non-hydrogen) atoms. The summed E-state index contributed by atoms with van der Waals surface area (Å²) in [6, 6.07) is 9.71. The molecule has 2 saturated heterocycles. The Morgan fingerprint density at radius 1 is 0.912 bits per heavy atom. The van der Waals surface area contributed by atoms with Crippen LogP contribution < -0.4 is 4.90 Å². The van der Waals surface area contributed by atoms with Crippen LogP contribution in [0.25, 0.3) is 0 Å². The van der Waals surface area contributed by atoms with E-state index in [4.69, 9.17) is 11.6 Å². The number of piperidine rings is 1. The third-order valence-electron chi connectivity index (χ3n) is 7.04. The fraction of sp³-hybridized carbons (Fsp3) is 0.500. The van der Waals surface area contributed by atoms with Crippen molar-refractivity contribution < 1.29 is 13.2 Å². The smallest absolute Gasteiger partial charge is 0.243 e. The van der Waals surface area contributed by atoms with Crippen LogP contribution in [0.3, 0.4) is 0 Å². The number of hydrogen-bond acceptors (Lipinski definition) is 4. The van der Waals surface area contributed by atoms with Gasteiger partial charge in [-0.1, -0.05) is 35.4 Å². The second-order valence-electron chi connectivity index (χ2n) is 9.67. The molecule has 0 aliphatic carbocycles. The highest BCUT2D eigenvalue weighted by atomic mass is 35.5. The minimum atomic E-state index is -3.65. The number of amides is 1. The van der Waals surface area contributed by atoms with Gasteiger partial charge in [0.2, 0.25) is 15.9 Å². The van der Waals surface area contributed by atoms with Crippen molar-refractivity contribution in [2.24, 2.45) is 5.92 Å². The van der Waals surface area contributed by atoms with Crippen LogP contribution in [0.5, 0.6) is 0 Å². The zero-order valence-electron chi connectivity index (χ0n) is 20.5. The Bertz CT molecular complexity index is 1170. The highest BCUT2D eigenvalue weighted by Gasteiger charge is 2.37. The van der Waals surface area contributed by atoms with Gasteiger partial charge in [-0.2, -0.15) is 4.31 Å². The first-order valence-electron chi connectivity index (χ1n) is 12.0. The van der Waals surface area contributed by atoms with Crippen molar-refractivity contribution >= 4 is 33.2 Å². The van der Waals surface area contributed by atoms with Gasteiger partial charge in [0, 0.05) is 50.0 Å². The molecule has 6 nitrogen and oxygen atoms in total. The van der Waals surface area contributed by atoms with Gasteiger partial charge in [0.1, 0.15) is 0 Å². The fourth-order valence-corrected chi connectivity index (χ4v) is 7.52. The number of anilines is 1. The first kappa shape index (κ1) is 25.0. The van der Waals surface area contributed by atoms with Crippen LogP contribution in [-0.4, -0.2) is 62.8 Å². The number of piperazine rings is 1. The Morgan fingerprint density at radius 3 is 2.21 bits per heavy atom. The van der Waals surface area contributed by atoms with Gasteiger partial charge in [-0.25, -0.2) is 8.42 Å². The average Bonchev–Trinajstić information content (AvgIpc) is 2.79. The third kappa shape index (κ3) is 4.97. The molecule has 2 fully saturated rings. The van der Waals surface area contributed by atoms with Crippen molar-refractivity contribution in [3.05, 3.63) is 57.6 Å². The standard InChI is InChI=1S/C26H34ClN3O3S/c1-18-14-20(3)25(21(4)15-18)34(32,33)30-9-5-6-22(17-30)26(31)29-12-10-28(11-13-29)24-16-23(27)8-7-19(24)2/h7-8,14-16,22H,5-6,9-13,17H2,1-4H3/t22-/m1/s1. The number of carbonyl (C=O) groups is 1. The SMILES string of the molecule is Cc1cc(C)c(S(=O)(=O)N2CCC[C@@H](C(=O)N3CCN(c4cc(Cl)ccc4C)CC3)C2)c(C)c1. The average molecular weight is 504 g/mol. The maximum absolute atomic E-state index is 13.5. The molecule has 1 amide bonds. The Hall–Kier alpha value is -2.09. The quantitative estimate of drug-likeness (QED) is 0.623. The second-order valence-corrected chi connectivity index (χ2v) is 12.0. The maximum atomic E-state index is 13.5. The summed E-state index contributed by atoms with van der Waals surface area (Å²) in [4.78, 5) is 17.9. The van der Waals surface area contributed by atoms with Gasteiger partial charge in [0.05, 0.1) is 10.8 Å². The summed E-state index contributed by atoms with van der Waals surface area (Å²) in [5.74, 6) is -0.228. The molecular weight excluding hydrogens is 470 g/mol. The summed E-state index contributed by atoms with van der Waals surface area (Å²) < 4.78 is 28.6. The lowest BCUT2D eigenvalue weighted by Crippen LogP contribution is -2.53. The molecule has 1 atom stereocenters. The van der Waals surface area contributed by atoms with Crippen LogP contribution >= 0.6 is 11.6 Å². The lowest BCUT2D eigenvalue weighted by Gasteiger charge is -2.40. The zero-order chi connectivity index (χ0) is 24.6. The van der Waals surface area contributed by atoms with E-state index in [1.165, 1.54) is 9.87 Å². The van der Waals surface area contributed by atoms with E-state index in [0.717, 1.165) is 41.9 Å². The molecule has 2 aliphatic heterocycles. The van der Waals surface area contributed by atoms with Gasteiger partial charge in [-0.15, -0.1) is 0 Å². The first-order valence-corrected chi connectivity index (χ1v) is 13.8. The van der Waals surface area contributed by atoms with Crippen molar-refractivity contribution in [1.29, 1.82) is 0 Å². The number of benzene rings is 2. The lowest BCUT2D eigenvalue weighted by molar-refractivity contribution is -0.137. The minimum Gasteiger partial charge on any atom is -0.368 e. The van der Waals surface area contributed by atoms with Gasteiger partial charge in [-0.3, -0.25) is 4.79 Å². The molecule has 2 aromatic rings. The van der Waals surface area contributed by atoms with Gasteiger partial charge in [-0.05, 0) is 69.4 Å². The number of halogens is 1. The number of sulfonamides is 1. The van der Waals surface area contributed by atoms with E-state index in [0.29, 0.717) is 36.0 Å². The topological polar surface area (TPSA) is 60.9 Å². The first-order chi connectivity index (χ1) is 16.1. The predicted octanol–water partition coefficient (Wildman–Crippen LogP) is 4.32. The number of nitrogens with zero attached hydrogens (tertiary/aromatic N) is 3. The number of carbonyl (C=O) groups excluding carboxylic acids is 1.